The smallest absolute Gasteiger partial charge is 0.227 e. The number of likely N-dealkylation sites (N-methyl/N-ethyl adjacent to an activating group) is 1. The summed E-state index contributed by atoms with van der Waals surface area (Å²) in [4.78, 5) is 14.0. The molecule has 1 fully saturated rings. The van der Waals surface area contributed by atoms with Crippen molar-refractivity contribution in [3.8, 4) is 0 Å². The van der Waals surface area contributed by atoms with Crippen LogP contribution in [0.25, 0.3) is 0 Å². The van der Waals surface area contributed by atoms with Crippen molar-refractivity contribution < 1.29 is 13.2 Å². The Kier molecular flexibility index (Phi) is 3.78. The highest BCUT2D eigenvalue weighted by atomic mass is 32.2. The molecule has 1 aliphatic carbocycles. The SMILES string of the molecule is CN(C(=O)Cc1ccc2c(c1)CCC2)[C@@H]1CCS(=O)(=O)C1. The summed E-state index contributed by atoms with van der Waals surface area (Å²) in [6.45, 7) is 0. The lowest BCUT2D eigenvalue weighted by Gasteiger charge is -2.23. The van der Waals surface area contributed by atoms with E-state index in [2.05, 4.69) is 12.1 Å². The highest BCUT2D eigenvalue weighted by molar-refractivity contribution is 7.91. The van der Waals surface area contributed by atoms with E-state index in [-0.39, 0.29) is 23.5 Å². The number of sulfone groups is 1. The average molecular weight is 307 g/mol. The number of benzene rings is 1. The maximum absolute atomic E-state index is 12.3. The van der Waals surface area contributed by atoms with Crippen LogP contribution in [0.3, 0.4) is 0 Å². The average Bonchev–Trinajstić information content (AvgIpc) is 3.03. The number of nitrogens with zero attached hydrogens (tertiary/aromatic N) is 1. The van der Waals surface area contributed by atoms with E-state index in [1.54, 1.807) is 11.9 Å². The second kappa shape index (κ2) is 5.44. The molecule has 1 atom stereocenters. The Morgan fingerprint density at radius 2 is 2.05 bits per heavy atom. The zero-order valence-corrected chi connectivity index (χ0v) is 13.2. The number of aryl methyl sites for hydroxylation is 2. The van der Waals surface area contributed by atoms with E-state index in [0.29, 0.717) is 12.8 Å². The van der Waals surface area contributed by atoms with Crippen LogP contribution in [0.15, 0.2) is 18.2 Å². The van der Waals surface area contributed by atoms with Crippen LogP contribution in [0, 0.1) is 0 Å². The summed E-state index contributed by atoms with van der Waals surface area (Å²) in [6.07, 6.45) is 4.37. The lowest BCUT2D eigenvalue weighted by Crippen LogP contribution is -2.38. The molecule has 1 amide bonds. The molecule has 4 nitrogen and oxygen atoms in total. The van der Waals surface area contributed by atoms with Gasteiger partial charge in [-0.3, -0.25) is 4.79 Å². The molecular formula is C16H21NO3S. The summed E-state index contributed by atoms with van der Waals surface area (Å²) < 4.78 is 23.0. The summed E-state index contributed by atoms with van der Waals surface area (Å²) in [6, 6.07) is 6.14. The van der Waals surface area contributed by atoms with Crippen LogP contribution < -0.4 is 0 Å². The Morgan fingerprint density at radius 1 is 1.29 bits per heavy atom. The summed E-state index contributed by atoms with van der Waals surface area (Å²) in [5, 5.41) is 0. The lowest BCUT2D eigenvalue weighted by molar-refractivity contribution is -0.130. The largest absolute Gasteiger partial charge is 0.341 e. The lowest BCUT2D eigenvalue weighted by atomic mass is 10.0. The fourth-order valence-corrected chi connectivity index (χ4v) is 5.09. The van der Waals surface area contributed by atoms with Crippen LogP contribution in [0.5, 0.6) is 0 Å². The van der Waals surface area contributed by atoms with Crippen molar-refractivity contribution in [2.45, 2.75) is 38.1 Å². The first-order valence-corrected chi connectivity index (χ1v) is 9.33. The predicted molar refractivity (Wildman–Crippen MR) is 82.0 cm³/mol. The van der Waals surface area contributed by atoms with Gasteiger partial charge in [0.15, 0.2) is 9.84 Å². The summed E-state index contributed by atoms with van der Waals surface area (Å²) >= 11 is 0. The van der Waals surface area contributed by atoms with E-state index in [1.165, 1.54) is 17.5 Å². The molecule has 5 heteroatoms. The van der Waals surface area contributed by atoms with Crippen molar-refractivity contribution in [2.24, 2.45) is 0 Å². The molecule has 0 unspecified atom stereocenters. The van der Waals surface area contributed by atoms with Crippen molar-refractivity contribution in [1.29, 1.82) is 0 Å². The predicted octanol–water partition coefficient (Wildman–Crippen LogP) is 1.36. The molecule has 1 aliphatic heterocycles. The zero-order valence-electron chi connectivity index (χ0n) is 12.3. The molecule has 0 spiro atoms. The quantitative estimate of drug-likeness (QED) is 0.847. The van der Waals surface area contributed by atoms with Gasteiger partial charge in [-0.25, -0.2) is 8.42 Å². The number of rotatable bonds is 3. The van der Waals surface area contributed by atoms with Crippen molar-refractivity contribution in [3.63, 3.8) is 0 Å². The molecule has 0 aromatic heterocycles. The van der Waals surface area contributed by atoms with Gasteiger partial charge in [0, 0.05) is 13.1 Å². The summed E-state index contributed by atoms with van der Waals surface area (Å²) in [5.74, 6) is 0.322. The minimum absolute atomic E-state index is 0.00930. The maximum Gasteiger partial charge on any atom is 0.227 e. The minimum Gasteiger partial charge on any atom is -0.341 e. The zero-order chi connectivity index (χ0) is 15.0. The van der Waals surface area contributed by atoms with Gasteiger partial charge in [-0.05, 0) is 42.4 Å². The van der Waals surface area contributed by atoms with Gasteiger partial charge in [-0.2, -0.15) is 0 Å². The van der Waals surface area contributed by atoms with Crippen molar-refractivity contribution >= 4 is 15.7 Å². The molecule has 1 aromatic rings. The third-order valence-electron chi connectivity index (χ3n) is 4.67. The van der Waals surface area contributed by atoms with Gasteiger partial charge in [0.25, 0.3) is 0 Å². The number of carbonyl (C=O) groups is 1. The number of carbonyl (C=O) groups excluding carboxylic acids is 1. The van der Waals surface area contributed by atoms with Gasteiger partial charge in [-0.15, -0.1) is 0 Å². The summed E-state index contributed by atoms with van der Waals surface area (Å²) in [7, 11) is -1.23. The van der Waals surface area contributed by atoms with Crippen LogP contribution in [-0.4, -0.2) is 43.8 Å². The molecule has 0 N–H and O–H groups in total. The van der Waals surface area contributed by atoms with Crippen LogP contribution in [0.1, 0.15) is 29.5 Å². The molecular weight excluding hydrogens is 286 g/mol. The van der Waals surface area contributed by atoms with Crippen molar-refractivity contribution in [1.82, 2.24) is 4.90 Å². The number of amides is 1. The van der Waals surface area contributed by atoms with E-state index < -0.39 is 9.84 Å². The van der Waals surface area contributed by atoms with Crippen LogP contribution in [0.2, 0.25) is 0 Å². The van der Waals surface area contributed by atoms with E-state index in [0.717, 1.165) is 18.4 Å². The third-order valence-corrected chi connectivity index (χ3v) is 6.42. The molecule has 2 aliphatic rings. The Labute approximate surface area is 126 Å². The first-order chi connectivity index (χ1) is 9.94. The highest BCUT2D eigenvalue weighted by Crippen LogP contribution is 2.23. The number of hydrogen-bond donors (Lipinski definition) is 0. The number of fused-ring (bicyclic) bond motifs is 1. The standard InChI is InChI=1S/C16H21NO3S/c1-17(15-7-8-21(19,20)11-15)16(18)10-12-5-6-13-3-2-4-14(13)9-12/h5-6,9,15H,2-4,7-8,10-11H2,1H3/t15-/m1/s1. The Balaban J connectivity index is 1.66. The molecule has 114 valence electrons. The monoisotopic (exact) mass is 307 g/mol. The van der Waals surface area contributed by atoms with E-state index >= 15 is 0 Å². The molecule has 1 heterocycles. The van der Waals surface area contributed by atoms with Gasteiger partial charge in [0.1, 0.15) is 0 Å². The van der Waals surface area contributed by atoms with E-state index in [1.807, 2.05) is 6.07 Å². The van der Waals surface area contributed by atoms with Gasteiger partial charge < -0.3 is 4.90 Å². The van der Waals surface area contributed by atoms with Gasteiger partial charge in [0.2, 0.25) is 5.91 Å². The van der Waals surface area contributed by atoms with Gasteiger partial charge in [-0.1, -0.05) is 18.2 Å². The minimum atomic E-state index is -2.95. The van der Waals surface area contributed by atoms with Crippen molar-refractivity contribution in [2.75, 3.05) is 18.6 Å². The van der Waals surface area contributed by atoms with Crippen molar-refractivity contribution in [3.05, 3.63) is 34.9 Å². The molecule has 0 radical (unpaired) electrons. The molecule has 0 saturated carbocycles. The van der Waals surface area contributed by atoms with Crippen LogP contribution in [0.4, 0.5) is 0 Å². The first kappa shape index (κ1) is 14.6. The highest BCUT2D eigenvalue weighted by Gasteiger charge is 2.32. The Morgan fingerprint density at radius 3 is 2.76 bits per heavy atom. The van der Waals surface area contributed by atoms with Crippen LogP contribution >= 0.6 is 0 Å². The Hall–Kier alpha value is -1.36. The number of hydrogen-bond acceptors (Lipinski definition) is 3. The van der Waals surface area contributed by atoms with E-state index in [9.17, 15) is 13.2 Å². The molecule has 0 bridgehead atoms. The third kappa shape index (κ3) is 3.12. The molecule has 1 saturated heterocycles. The van der Waals surface area contributed by atoms with E-state index in [4.69, 9.17) is 0 Å². The van der Waals surface area contributed by atoms with Gasteiger partial charge in [0.05, 0.1) is 17.9 Å². The normalized spacial score (nSPS) is 23.0. The molecule has 1 aromatic carbocycles. The first-order valence-electron chi connectivity index (χ1n) is 7.51. The fraction of sp³-hybridized carbons (Fsp3) is 0.562. The summed E-state index contributed by atoms with van der Waals surface area (Å²) in [5.41, 5.74) is 3.81. The maximum atomic E-state index is 12.3. The second-order valence-electron chi connectivity index (χ2n) is 6.19. The molecule has 3 rings (SSSR count). The Bertz CT molecular complexity index is 666. The van der Waals surface area contributed by atoms with Gasteiger partial charge >= 0.3 is 0 Å². The topological polar surface area (TPSA) is 54.5 Å². The second-order valence-corrected chi connectivity index (χ2v) is 8.42. The van der Waals surface area contributed by atoms with Crippen LogP contribution in [-0.2, 0) is 33.9 Å². The molecule has 21 heavy (non-hydrogen) atoms. The fourth-order valence-electron chi connectivity index (χ4n) is 3.32.